The van der Waals surface area contributed by atoms with Gasteiger partial charge in [0.2, 0.25) is 5.91 Å². The number of nitrogens with one attached hydrogen (secondary N) is 1. The minimum Gasteiger partial charge on any atom is -0.361 e. The predicted octanol–water partition coefficient (Wildman–Crippen LogP) is 4.43. The van der Waals surface area contributed by atoms with E-state index in [-0.39, 0.29) is 0 Å². The van der Waals surface area contributed by atoms with Crippen LogP contribution < -0.4 is 5.32 Å². The smallest absolute Gasteiger partial charge is 0.222 e. The summed E-state index contributed by atoms with van der Waals surface area (Å²) < 4.78 is 5.47. The van der Waals surface area contributed by atoms with Gasteiger partial charge in [0.1, 0.15) is 11.5 Å². The van der Waals surface area contributed by atoms with Crippen molar-refractivity contribution in [3.05, 3.63) is 42.2 Å². The molecule has 4 rings (SSSR count). The van der Waals surface area contributed by atoms with Crippen molar-refractivity contribution in [2.45, 2.75) is 69.9 Å². The zero-order valence-electron chi connectivity index (χ0n) is 17.5. The molecule has 0 aliphatic carbocycles. The summed E-state index contributed by atoms with van der Waals surface area (Å²) >= 11 is 0. The molecule has 2 aromatic rings. The van der Waals surface area contributed by atoms with Crippen molar-refractivity contribution in [2.75, 3.05) is 13.6 Å². The Morgan fingerprint density at radius 1 is 1.14 bits per heavy atom. The number of amides is 1. The van der Waals surface area contributed by atoms with Gasteiger partial charge in [-0.2, -0.15) is 0 Å². The highest BCUT2D eigenvalue weighted by atomic mass is 16.5. The SMILES string of the molecule is CN(CCCCCc1cc(-c2ccccc2)no1)C(=O)CC1CC2CCC(C1)N2. The molecule has 5 nitrogen and oxygen atoms in total. The molecule has 1 aromatic heterocycles. The van der Waals surface area contributed by atoms with Gasteiger partial charge < -0.3 is 14.7 Å². The van der Waals surface area contributed by atoms with Crippen molar-refractivity contribution in [2.24, 2.45) is 5.92 Å². The fourth-order valence-corrected chi connectivity index (χ4v) is 4.87. The maximum Gasteiger partial charge on any atom is 0.222 e. The summed E-state index contributed by atoms with van der Waals surface area (Å²) in [6.07, 6.45) is 9.77. The largest absolute Gasteiger partial charge is 0.361 e. The van der Waals surface area contributed by atoms with Crippen LogP contribution in [0.25, 0.3) is 11.3 Å². The Morgan fingerprint density at radius 2 is 1.90 bits per heavy atom. The Morgan fingerprint density at radius 3 is 2.66 bits per heavy atom. The van der Waals surface area contributed by atoms with Crippen molar-refractivity contribution >= 4 is 5.91 Å². The molecule has 1 aromatic carbocycles. The molecule has 1 N–H and O–H groups in total. The maximum atomic E-state index is 12.5. The van der Waals surface area contributed by atoms with E-state index in [4.69, 9.17) is 4.52 Å². The molecule has 2 aliphatic rings. The number of piperidine rings is 1. The van der Waals surface area contributed by atoms with E-state index in [9.17, 15) is 4.79 Å². The first-order chi connectivity index (χ1) is 14.2. The van der Waals surface area contributed by atoms with E-state index in [0.29, 0.717) is 23.9 Å². The van der Waals surface area contributed by atoms with Gasteiger partial charge in [-0.05, 0) is 44.4 Å². The van der Waals surface area contributed by atoms with Crippen molar-refractivity contribution in [1.82, 2.24) is 15.4 Å². The highest BCUT2D eigenvalue weighted by Crippen LogP contribution is 2.32. The van der Waals surface area contributed by atoms with E-state index >= 15 is 0 Å². The lowest BCUT2D eigenvalue weighted by Gasteiger charge is -2.30. The highest BCUT2D eigenvalue weighted by Gasteiger charge is 2.34. The molecule has 1 amide bonds. The zero-order chi connectivity index (χ0) is 20.1. The van der Waals surface area contributed by atoms with Gasteiger partial charge in [0, 0.05) is 50.1 Å². The molecule has 5 heteroatoms. The number of hydrogen-bond acceptors (Lipinski definition) is 4. The van der Waals surface area contributed by atoms with Crippen LogP contribution in [0.3, 0.4) is 0 Å². The number of carbonyl (C=O) groups excluding carboxylic acids is 1. The molecule has 2 saturated heterocycles. The number of carbonyl (C=O) groups is 1. The van der Waals surface area contributed by atoms with Crippen LogP contribution in [-0.2, 0) is 11.2 Å². The number of rotatable bonds is 9. The van der Waals surface area contributed by atoms with Gasteiger partial charge in [-0.15, -0.1) is 0 Å². The average Bonchev–Trinajstić information content (AvgIpc) is 3.34. The maximum absolute atomic E-state index is 12.5. The second-order valence-electron chi connectivity index (χ2n) is 8.85. The lowest BCUT2D eigenvalue weighted by atomic mass is 9.89. The first kappa shape index (κ1) is 20.1. The average molecular weight is 396 g/mol. The minimum absolute atomic E-state index is 0.319. The first-order valence-corrected chi connectivity index (χ1v) is 11.2. The summed E-state index contributed by atoms with van der Waals surface area (Å²) in [5, 5.41) is 7.83. The molecule has 3 heterocycles. The number of fused-ring (bicyclic) bond motifs is 2. The normalized spacial score (nSPS) is 23.3. The number of nitrogens with zero attached hydrogens (tertiary/aromatic N) is 2. The van der Waals surface area contributed by atoms with Crippen LogP contribution in [0.4, 0.5) is 0 Å². The monoisotopic (exact) mass is 395 g/mol. The summed E-state index contributed by atoms with van der Waals surface area (Å²) in [7, 11) is 1.96. The van der Waals surface area contributed by atoms with E-state index in [0.717, 1.165) is 55.7 Å². The third-order valence-corrected chi connectivity index (χ3v) is 6.50. The predicted molar refractivity (Wildman–Crippen MR) is 114 cm³/mol. The zero-order valence-corrected chi connectivity index (χ0v) is 17.5. The summed E-state index contributed by atoms with van der Waals surface area (Å²) in [6, 6.07) is 13.5. The fraction of sp³-hybridized carbons (Fsp3) is 0.583. The van der Waals surface area contributed by atoms with Gasteiger partial charge >= 0.3 is 0 Å². The number of aromatic nitrogens is 1. The molecule has 2 aliphatic heterocycles. The molecular formula is C24H33N3O2. The van der Waals surface area contributed by atoms with Crippen LogP contribution in [0.2, 0.25) is 0 Å². The van der Waals surface area contributed by atoms with Crippen LogP contribution in [0.15, 0.2) is 40.9 Å². The van der Waals surface area contributed by atoms with Crippen LogP contribution in [-0.4, -0.2) is 41.6 Å². The van der Waals surface area contributed by atoms with Crippen molar-refractivity contribution in [3.63, 3.8) is 0 Å². The quantitative estimate of drug-likeness (QED) is 0.638. The van der Waals surface area contributed by atoms with E-state index in [1.54, 1.807) is 0 Å². The molecular weight excluding hydrogens is 362 g/mol. The van der Waals surface area contributed by atoms with E-state index < -0.39 is 0 Å². The Bertz CT molecular complexity index is 776. The van der Waals surface area contributed by atoms with Gasteiger partial charge in [-0.25, -0.2) is 0 Å². The molecule has 0 radical (unpaired) electrons. The van der Waals surface area contributed by atoms with Crippen molar-refractivity contribution in [1.29, 1.82) is 0 Å². The van der Waals surface area contributed by atoms with Crippen molar-refractivity contribution < 1.29 is 9.32 Å². The van der Waals surface area contributed by atoms with E-state index in [2.05, 4.69) is 10.5 Å². The van der Waals surface area contributed by atoms with Gasteiger partial charge in [0.15, 0.2) is 0 Å². The molecule has 0 spiro atoms. The Balaban J connectivity index is 1.12. The van der Waals surface area contributed by atoms with E-state index in [1.807, 2.05) is 48.3 Å². The Kier molecular flexibility index (Phi) is 6.65. The standard InChI is InChI=1S/C24H33N3O2/c1-27(24(28)16-18-14-20-11-12-21(15-18)25-20)13-7-3-6-10-22-17-23(26-29-22)19-8-4-2-5-9-19/h2,4-5,8-9,17-18,20-21,25H,3,6-7,10-16H2,1H3. The molecule has 2 atom stereocenters. The summed E-state index contributed by atoms with van der Waals surface area (Å²) in [6.45, 7) is 0.850. The number of unbranched alkanes of at least 4 members (excludes halogenated alkanes) is 2. The van der Waals surface area contributed by atoms with Crippen LogP contribution in [0.1, 0.15) is 57.1 Å². The van der Waals surface area contributed by atoms with Crippen LogP contribution in [0, 0.1) is 5.92 Å². The van der Waals surface area contributed by atoms with Gasteiger partial charge in [-0.1, -0.05) is 41.9 Å². The second kappa shape index (κ2) is 9.57. The van der Waals surface area contributed by atoms with Gasteiger partial charge in [0.25, 0.3) is 0 Å². The number of hydrogen-bond donors (Lipinski definition) is 1. The molecule has 2 fully saturated rings. The van der Waals surface area contributed by atoms with Gasteiger partial charge in [0.05, 0.1) is 0 Å². The van der Waals surface area contributed by atoms with Crippen LogP contribution in [0.5, 0.6) is 0 Å². The molecule has 29 heavy (non-hydrogen) atoms. The molecule has 2 unspecified atom stereocenters. The van der Waals surface area contributed by atoms with Crippen LogP contribution >= 0.6 is 0 Å². The number of benzene rings is 1. The molecule has 2 bridgehead atoms. The van der Waals surface area contributed by atoms with Crippen molar-refractivity contribution in [3.8, 4) is 11.3 Å². The lowest BCUT2D eigenvalue weighted by Crippen LogP contribution is -2.40. The number of aryl methyl sites for hydroxylation is 1. The van der Waals surface area contributed by atoms with E-state index in [1.165, 1.54) is 25.7 Å². The lowest BCUT2D eigenvalue weighted by molar-refractivity contribution is -0.131. The third kappa shape index (κ3) is 5.47. The van der Waals surface area contributed by atoms with Gasteiger partial charge in [-0.3, -0.25) is 4.79 Å². The Hall–Kier alpha value is -2.14. The summed E-state index contributed by atoms with van der Waals surface area (Å²) in [5.41, 5.74) is 1.99. The fourth-order valence-electron chi connectivity index (χ4n) is 4.87. The first-order valence-electron chi connectivity index (χ1n) is 11.2. The third-order valence-electron chi connectivity index (χ3n) is 6.50. The summed E-state index contributed by atoms with van der Waals surface area (Å²) in [4.78, 5) is 14.5. The highest BCUT2D eigenvalue weighted by molar-refractivity contribution is 5.76. The minimum atomic E-state index is 0.319. The Labute approximate surface area is 173 Å². The topological polar surface area (TPSA) is 58.4 Å². The second-order valence-corrected chi connectivity index (χ2v) is 8.85. The summed E-state index contributed by atoms with van der Waals surface area (Å²) in [5.74, 6) is 1.84. The molecule has 0 saturated carbocycles. The molecule has 156 valence electrons.